The van der Waals surface area contributed by atoms with Crippen molar-refractivity contribution in [1.29, 1.82) is 5.26 Å². The molecule has 0 N–H and O–H groups in total. The lowest BCUT2D eigenvalue weighted by Gasteiger charge is -2.40. The normalized spacial score (nSPS) is 20.2. The van der Waals surface area contributed by atoms with Crippen LogP contribution >= 0.6 is 11.6 Å². The van der Waals surface area contributed by atoms with Crippen molar-refractivity contribution in [2.75, 3.05) is 46.1 Å². The Morgan fingerprint density at radius 2 is 1.95 bits per heavy atom. The molecule has 8 nitrogen and oxygen atoms in total. The standard InChI is InChI=1S/C34H34ClN3O5/c1-25-30(28-6-3-2-4-7-28)8-5-9-34(25,43-15-12-38-10-13-40-14-11-38)24-42-33-18-32(29(22-39)17-31(33)35)41-23-27-16-26(19-36)20-37-21-27/h2-9,16-18,20-22,25H,10-15,23-24H2,1H3. The molecule has 0 amide bonds. The Kier molecular flexibility index (Phi) is 10.2. The number of allylic oxidation sites excluding steroid dienone is 2. The highest BCUT2D eigenvalue weighted by Crippen LogP contribution is 2.40. The largest absolute Gasteiger partial charge is 0.489 e. The average Bonchev–Trinajstić information content (AvgIpc) is 3.05. The number of nitriles is 1. The number of carbonyl (C=O) groups is 1. The fourth-order valence-corrected chi connectivity index (χ4v) is 5.50. The lowest BCUT2D eigenvalue weighted by atomic mass is 9.77. The van der Waals surface area contributed by atoms with Crippen molar-refractivity contribution in [2.45, 2.75) is 19.1 Å². The predicted octanol–water partition coefficient (Wildman–Crippen LogP) is 5.75. The summed E-state index contributed by atoms with van der Waals surface area (Å²) in [6.45, 7) is 6.96. The Morgan fingerprint density at radius 3 is 2.72 bits per heavy atom. The first-order valence-corrected chi connectivity index (χ1v) is 14.7. The highest BCUT2D eigenvalue weighted by atomic mass is 35.5. The molecule has 1 aliphatic carbocycles. The van der Waals surface area contributed by atoms with E-state index in [0.717, 1.165) is 44.0 Å². The second-order valence-electron chi connectivity index (χ2n) is 10.5. The van der Waals surface area contributed by atoms with E-state index in [1.807, 2.05) is 24.3 Å². The summed E-state index contributed by atoms with van der Waals surface area (Å²) < 4.78 is 24.5. The Bertz CT molecular complexity index is 1510. The van der Waals surface area contributed by atoms with Crippen LogP contribution in [0.2, 0.25) is 5.02 Å². The summed E-state index contributed by atoms with van der Waals surface area (Å²) in [5.74, 6) is 0.656. The van der Waals surface area contributed by atoms with Gasteiger partial charge in [0.25, 0.3) is 0 Å². The summed E-state index contributed by atoms with van der Waals surface area (Å²) in [5.41, 5.74) is 2.91. The third kappa shape index (κ3) is 7.51. The molecular formula is C34H34ClN3O5. The van der Waals surface area contributed by atoms with Gasteiger partial charge in [-0.05, 0) is 29.3 Å². The zero-order valence-corrected chi connectivity index (χ0v) is 24.8. The van der Waals surface area contributed by atoms with Gasteiger partial charge < -0.3 is 18.9 Å². The molecule has 2 heterocycles. The van der Waals surface area contributed by atoms with Gasteiger partial charge in [-0.15, -0.1) is 0 Å². The number of aldehydes is 1. The van der Waals surface area contributed by atoms with Gasteiger partial charge in [0.15, 0.2) is 6.29 Å². The van der Waals surface area contributed by atoms with Crippen LogP contribution in [-0.4, -0.2) is 67.8 Å². The molecule has 2 atom stereocenters. The van der Waals surface area contributed by atoms with Crippen LogP contribution in [0.3, 0.4) is 0 Å². The zero-order valence-electron chi connectivity index (χ0n) is 24.1. The molecule has 1 aliphatic heterocycles. The number of halogens is 1. The van der Waals surface area contributed by atoms with E-state index in [2.05, 4.69) is 47.2 Å². The summed E-state index contributed by atoms with van der Waals surface area (Å²) in [5, 5.41) is 9.46. The Morgan fingerprint density at radius 1 is 1.14 bits per heavy atom. The number of nitrogens with zero attached hydrogens (tertiary/aromatic N) is 3. The number of morpholine rings is 1. The second kappa shape index (κ2) is 14.5. The van der Waals surface area contributed by atoms with Gasteiger partial charge in [0.05, 0.1) is 36.0 Å². The van der Waals surface area contributed by atoms with E-state index < -0.39 is 5.60 Å². The molecule has 0 radical (unpaired) electrons. The molecule has 1 saturated heterocycles. The number of ether oxygens (including phenoxy) is 4. The monoisotopic (exact) mass is 599 g/mol. The number of rotatable bonds is 12. The SMILES string of the molecule is CC1C(c2ccccc2)=CC=CC1(COc1cc(OCc2cncc(C#N)c2)c(C=O)cc1Cl)OCCN1CCOCC1. The summed E-state index contributed by atoms with van der Waals surface area (Å²) in [6, 6.07) is 17.2. The molecule has 5 rings (SSSR count). The van der Waals surface area contributed by atoms with Gasteiger partial charge in [-0.25, -0.2) is 0 Å². The molecule has 3 aromatic rings. The lowest BCUT2D eigenvalue weighted by Crippen LogP contribution is -2.47. The number of hydrogen-bond acceptors (Lipinski definition) is 8. The van der Waals surface area contributed by atoms with Crippen LogP contribution in [0.15, 0.2) is 79.2 Å². The summed E-state index contributed by atoms with van der Waals surface area (Å²) in [7, 11) is 0. The fraction of sp³-hybridized carbons (Fsp3) is 0.324. The van der Waals surface area contributed by atoms with Gasteiger partial charge in [-0.3, -0.25) is 14.7 Å². The zero-order chi connectivity index (χ0) is 30.1. The smallest absolute Gasteiger partial charge is 0.153 e. The van der Waals surface area contributed by atoms with Crippen LogP contribution in [0.1, 0.15) is 34.0 Å². The van der Waals surface area contributed by atoms with Crippen LogP contribution in [0.4, 0.5) is 0 Å². The lowest BCUT2D eigenvalue weighted by molar-refractivity contribution is -0.0708. The van der Waals surface area contributed by atoms with Crippen LogP contribution < -0.4 is 9.47 Å². The van der Waals surface area contributed by atoms with Gasteiger partial charge in [0, 0.05) is 49.6 Å². The Balaban J connectivity index is 1.36. The first-order chi connectivity index (χ1) is 21.0. The van der Waals surface area contributed by atoms with Crippen LogP contribution in [0.5, 0.6) is 11.5 Å². The molecule has 0 bridgehead atoms. The van der Waals surface area contributed by atoms with Crippen molar-refractivity contribution in [3.8, 4) is 17.6 Å². The Labute approximate surface area is 257 Å². The van der Waals surface area contributed by atoms with Gasteiger partial charge >= 0.3 is 0 Å². The van der Waals surface area contributed by atoms with Gasteiger partial charge in [-0.2, -0.15) is 5.26 Å². The third-order valence-electron chi connectivity index (χ3n) is 7.81. The molecule has 2 unspecified atom stereocenters. The van der Waals surface area contributed by atoms with E-state index >= 15 is 0 Å². The van der Waals surface area contributed by atoms with E-state index in [0.29, 0.717) is 41.1 Å². The summed E-state index contributed by atoms with van der Waals surface area (Å²) >= 11 is 6.59. The molecule has 1 fully saturated rings. The number of benzene rings is 2. The van der Waals surface area contributed by atoms with Crippen molar-refractivity contribution >= 4 is 23.5 Å². The van der Waals surface area contributed by atoms with Crippen molar-refractivity contribution in [2.24, 2.45) is 5.92 Å². The maximum atomic E-state index is 11.8. The van der Waals surface area contributed by atoms with Gasteiger partial charge in [0.1, 0.15) is 36.4 Å². The molecule has 0 spiro atoms. The van der Waals surface area contributed by atoms with Crippen LogP contribution in [0, 0.1) is 17.2 Å². The van der Waals surface area contributed by atoms with E-state index in [9.17, 15) is 4.79 Å². The predicted molar refractivity (Wildman–Crippen MR) is 164 cm³/mol. The van der Waals surface area contributed by atoms with E-state index in [4.69, 9.17) is 35.8 Å². The second-order valence-corrected chi connectivity index (χ2v) is 10.9. The highest BCUT2D eigenvalue weighted by Gasteiger charge is 2.40. The number of aromatic nitrogens is 1. The molecule has 2 aliphatic rings. The molecule has 1 aromatic heterocycles. The third-order valence-corrected chi connectivity index (χ3v) is 8.10. The van der Waals surface area contributed by atoms with E-state index in [1.165, 1.54) is 12.3 Å². The quantitative estimate of drug-likeness (QED) is 0.243. The number of carbonyl (C=O) groups excluding carboxylic acids is 1. The first kappa shape index (κ1) is 30.5. The first-order valence-electron chi connectivity index (χ1n) is 14.3. The van der Waals surface area contributed by atoms with E-state index in [1.54, 1.807) is 18.3 Å². The summed E-state index contributed by atoms with van der Waals surface area (Å²) in [6.07, 6.45) is 9.98. The van der Waals surface area contributed by atoms with Gasteiger partial charge in [-0.1, -0.05) is 61.0 Å². The molecule has 9 heteroatoms. The maximum Gasteiger partial charge on any atom is 0.153 e. The number of hydrogen-bond donors (Lipinski definition) is 0. The van der Waals surface area contributed by atoms with Crippen molar-refractivity contribution < 1.29 is 23.7 Å². The summed E-state index contributed by atoms with van der Waals surface area (Å²) in [4.78, 5) is 18.2. The highest BCUT2D eigenvalue weighted by molar-refractivity contribution is 6.32. The van der Waals surface area contributed by atoms with Crippen molar-refractivity contribution in [1.82, 2.24) is 9.88 Å². The maximum absolute atomic E-state index is 11.8. The molecule has 222 valence electrons. The number of pyridine rings is 1. The topological polar surface area (TPSA) is 93.9 Å². The fourth-order valence-electron chi connectivity index (χ4n) is 5.28. The average molecular weight is 600 g/mol. The van der Waals surface area contributed by atoms with Crippen LogP contribution in [-0.2, 0) is 16.1 Å². The van der Waals surface area contributed by atoms with Crippen molar-refractivity contribution in [3.63, 3.8) is 0 Å². The van der Waals surface area contributed by atoms with Crippen LogP contribution in [0.25, 0.3) is 5.57 Å². The van der Waals surface area contributed by atoms with Crippen molar-refractivity contribution in [3.05, 3.63) is 106 Å². The molecule has 0 saturated carbocycles. The van der Waals surface area contributed by atoms with Gasteiger partial charge in [0.2, 0.25) is 0 Å². The minimum Gasteiger partial charge on any atom is -0.489 e. The Hall–Kier alpha value is -4.00. The molecule has 2 aromatic carbocycles. The van der Waals surface area contributed by atoms with E-state index in [-0.39, 0.29) is 24.2 Å². The minimum absolute atomic E-state index is 0.0340. The molecular weight excluding hydrogens is 566 g/mol. The molecule has 43 heavy (non-hydrogen) atoms. The minimum atomic E-state index is -0.775.